The Hall–Kier alpha value is -2.68. The number of nitrogens with one attached hydrogen (secondary N) is 1. The zero-order valence-corrected chi connectivity index (χ0v) is 13.9. The van der Waals surface area contributed by atoms with Crippen molar-refractivity contribution in [3.05, 3.63) is 28.3 Å². The van der Waals surface area contributed by atoms with E-state index >= 15 is 0 Å². The number of hydrogen-bond donors (Lipinski definition) is 2. The molecule has 2 rings (SSSR count). The number of ether oxygens (including phenoxy) is 1. The zero-order chi connectivity index (χ0) is 18.4. The highest BCUT2D eigenvalue weighted by Crippen LogP contribution is 2.29. The first kappa shape index (κ1) is 18.7. The maximum Gasteiger partial charge on any atom is 0.320 e. The van der Waals surface area contributed by atoms with Crippen molar-refractivity contribution in [2.45, 2.75) is 31.7 Å². The summed E-state index contributed by atoms with van der Waals surface area (Å²) >= 11 is 0. The van der Waals surface area contributed by atoms with Crippen molar-refractivity contribution in [1.82, 2.24) is 4.90 Å². The molecule has 1 fully saturated rings. The van der Waals surface area contributed by atoms with Crippen molar-refractivity contribution < 1.29 is 24.4 Å². The van der Waals surface area contributed by atoms with E-state index in [1.54, 1.807) is 4.90 Å². The summed E-state index contributed by atoms with van der Waals surface area (Å²) in [5.41, 5.74) is -0.168. The number of carboxylic acids is 1. The van der Waals surface area contributed by atoms with Crippen LogP contribution in [0.4, 0.5) is 11.4 Å². The van der Waals surface area contributed by atoms with Crippen LogP contribution in [0.3, 0.4) is 0 Å². The third kappa shape index (κ3) is 4.90. The van der Waals surface area contributed by atoms with E-state index in [-0.39, 0.29) is 17.8 Å². The number of nitro groups is 1. The Bertz CT molecular complexity index is 663. The SMILES string of the molecule is COc1ccc(NC(=O)CCN2CCCCC2C(=O)O)c([N+](=O)[O-])c1. The van der Waals surface area contributed by atoms with Crippen LogP contribution in [0.2, 0.25) is 0 Å². The molecule has 0 spiro atoms. The Balaban J connectivity index is 1.98. The number of nitrogens with zero attached hydrogens (tertiary/aromatic N) is 2. The van der Waals surface area contributed by atoms with E-state index in [1.807, 2.05) is 0 Å². The molecule has 0 saturated carbocycles. The molecule has 136 valence electrons. The van der Waals surface area contributed by atoms with Crippen LogP contribution in [0.5, 0.6) is 5.75 Å². The molecule has 1 aromatic rings. The maximum atomic E-state index is 12.1. The van der Waals surface area contributed by atoms with Crippen molar-refractivity contribution in [2.24, 2.45) is 0 Å². The summed E-state index contributed by atoms with van der Waals surface area (Å²) in [4.78, 5) is 35.7. The van der Waals surface area contributed by atoms with E-state index in [2.05, 4.69) is 5.32 Å². The van der Waals surface area contributed by atoms with E-state index in [4.69, 9.17) is 4.74 Å². The van der Waals surface area contributed by atoms with Gasteiger partial charge in [0.1, 0.15) is 17.5 Å². The minimum atomic E-state index is -0.883. The molecule has 9 heteroatoms. The highest BCUT2D eigenvalue weighted by atomic mass is 16.6. The smallest absolute Gasteiger partial charge is 0.320 e. The lowest BCUT2D eigenvalue weighted by molar-refractivity contribution is -0.384. The van der Waals surface area contributed by atoms with Crippen molar-refractivity contribution in [1.29, 1.82) is 0 Å². The van der Waals surface area contributed by atoms with E-state index < -0.39 is 22.8 Å². The van der Waals surface area contributed by atoms with E-state index in [1.165, 1.54) is 25.3 Å². The topological polar surface area (TPSA) is 122 Å². The van der Waals surface area contributed by atoms with Crippen molar-refractivity contribution in [2.75, 3.05) is 25.5 Å². The molecule has 1 aliphatic rings. The van der Waals surface area contributed by atoms with Gasteiger partial charge in [-0.25, -0.2) is 0 Å². The highest BCUT2D eigenvalue weighted by molar-refractivity contribution is 5.93. The third-order valence-corrected chi connectivity index (χ3v) is 4.20. The van der Waals surface area contributed by atoms with Crippen LogP contribution in [-0.4, -0.2) is 53.0 Å². The second-order valence-electron chi connectivity index (χ2n) is 5.82. The van der Waals surface area contributed by atoms with Crippen molar-refractivity contribution in [3.63, 3.8) is 0 Å². The second kappa shape index (κ2) is 8.43. The standard InChI is InChI=1S/C16H21N3O6/c1-25-11-5-6-12(14(10-11)19(23)24)17-15(20)7-9-18-8-3-2-4-13(18)16(21)22/h5-6,10,13H,2-4,7-9H2,1H3,(H,17,20)(H,21,22). The molecule has 1 unspecified atom stereocenters. The summed E-state index contributed by atoms with van der Waals surface area (Å²) in [6.07, 6.45) is 2.39. The van der Waals surface area contributed by atoms with Crippen molar-refractivity contribution in [3.8, 4) is 5.75 Å². The van der Waals surface area contributed by atoms with Gasteiger partial charge in [0.15, 0.2) is 0 Å². The van der Waals surface area contributed by atoms with Crippen LogP contribution >= 0.6 is 0 Å². The predicted molar refractivity (Wildman–Crippen MR) is 89.7 cm³/mol. The fraction of sp³-hybridized carbons (Fsp3) is 0.500. The lowest BCUT2D eigenvalue weighted by Crippen LogP contribution is -2.45. The number of hydrogen-bond acceptors (Lipinski definition) is 6. The lowest BCUT2D eigenvalue weighted by Gasteiger charge is -2.32. The molecule has 0 aliphatic carbocycles. The van der Waals surface area contributed by atoms with Gasteiger partial charge in [0, 0.05) is 13.0 Å². The first-order valence-corrected chi connectivity index (χ1v) is 8.01. The molecule has 0 aromatic heterocycles. The molecule has 1 amide bonds. The Labute approximate surface area is 144 Å². The molecule has 0 radical (unpaired) electrons. The molecular weight excluding hydrogens is 330 g/mol. The predicted octanol–water partition coefficient (Wildman–Crippen LogP) is 1.87. The fourth-order valence-corrected chi connectivity index (χ4v) is 2.89. The Morgan fingerprint density at radius 3 is 2.84 bits per heavy atom. The van der Waals surface area contributed by atoms with Gasteiger partial charge in [-0.1, -0.05) is 6.42 Å². The van der Waals surface area contributed by atoms with Crippen LogP contribution in [-0.2, 0) is 9.59 Å². The van der Waals surface area contributed by atoms with Gasteiger partial charge in [-0.3, -0.25) is 24.6 Å². The van der Waals surface area contributed by atoms with E-state index in [9.17, 15) is 24.8 Å². The number of carbonyl (C=O) groups is 2. The Morgan fingerprint density at radius 1 is 1.44 bits per heavy atom. The van der Waals surface area contributed by atoms with Crippen LogP contribution in [0.1, 0.15) is 25.7 Å². The van der Waals surface area contributed by atoms with Gasteiger partial charge in [-0.15, -0.1) is 0 Å². The number of aliphatic carboxylic acids is 1. The van der Waals surface area contributed by atoms with Gasteiger partial charge in [0.2, 0.25) is 5.91 Å². The van der Waals surface area contributed by atoms with Gasteiger partial charge < -0.3 is 15.2 Å². The molecule has 1 atom stereocenters. The van der Waals surface area contributed by atoms with Crippen LogP contribution in [0, 0.1) is 10.1 Å². The number of nitro benzene ring substituents is 1. The number of rotatable bonds is 7. The minimum absolute atomic E-state index is 0.0625. The quantitative estimate of drug-likeness (QED) is 0.568. The average molecular weight is 351 g/mol. The summed E-state index contributed by atoms with van der Waals surface area (Å²) in [7, 11) is 1.40. The van der Waals surface area contributed by atoms with Gasteiger partial charge in [0.05, 0.1) is 18.1 Å². The molecular formula is C16H21N3O6. The third-order valence-electron chi connectivity index (χ3n) is 4.20. The molecule has 1 saturated heterocycles. The number of piperidine rings is 1. The number of amides is 1. The fourth-order valence-electron chi connectivity index (χ4n) is 2.89. The minimum Gasteiger partial charge on any atom is -0.496 e. The summed E-state index contributed by atoms with van der Waals surface area (Å²) in [6, 6.07) is 3.60. The highest BCUT2D eigenvalue weighted by Gasteiger charge is 2.28. The molecule has 1 aliphatic heterocycles. The maximum absolute atomic E-state index is 12.1. The normalized spacial score (nSPS) is 17.7. The number of carboxylic acid groups (broad SMARTS) is 1. The van der Waals surface area contributed by atoms with Crippen molar-refractivity contribution >= 4 is 23.3 Å². The van der Waals surface area contributed by atoms with Gasteiger partial charge in [-0.2, -0.15) is 0 Å². The zero-order valence-electron chi connectivity index (χ0n) is 13.9. The van der Waals surface area contributed by atoms with Crippen LogP contribution in [0.15, 0.2) is 18.2 Å². The van der Waals surface area contributed by atoms with Gasteiger partial charge in [0.25, 0.3) is 5.69 Å². The summed E-state index contributed by atoms with van der Waals surface area (Å²) in [6.45, 7) is 0.930. The molecule has 1 aromatic carbocycles. The summed E-state index contributed by atoms with van der Waals surface area (Å²) < 4.78 is 4.95. The average Bonchev–Trinajstić information content (AvgIpc) is 2.60. The van der Waals surface area contributed by atoms with E-state index in [0.29, 0.717) is 25.3 Å². The Kier molecular flexibility index (Phi) is 6.29. The second-order valence-corrected chi connectivity index (χ2v) is 5.82. The van der Waals surface area contributed by atoms with E-state index in [0.717, 1.165) is 12.8 Å². The lowest BCUT2D eigenvalue weighted by atomic mass is 10.0. The number of methoxy groups -OCH3 is 1. The van der Waals surface area contributed by atoms with Crippen LogP contribution < -0.4 is 10.1 Å². The number of likely N-dealkylation sites (tertiary alicyclic amines) is 1. The Morgan fingerprint density at radius 2 is 2.20 bits per heavy atom. The first-order valence-electron chi connectivity index (χ1n) is 8.01. The van der Waals surface area contributed by atoms with Gasteiger partial charge >= 0.3 is 5.97 Å². The van der Waals surface area contributed by atoms with Gasteiger partial charge in [-0.05, 0) is 31.5 Å². The first-order chi connectivity index (χ1) is 11.9. The van der Waals surface area contributed by atoms with Crippen LogP contribution in [0.25, 0.3) is 0 Å². The summed E-state index contributed by atoms with van der Waals surface area (Å²) in [5, 5.41) is 22.9. The molecule has 9 nitrogen and oxygen atoms in total. The monoisotopic (exact) mass is 351 g/mol. The molecule has 2 N–H and O–H groups in total. The number of carbonyl (C=O) groups excluding carboxylic acids is 1. The molecule has 25 heavy (non-hydrogen) atoms. The molecule has 0 bridgehead atoms. The number of benzene rings is 1. The number of anilines is 1. The summed E-state index contributed by atoms with van der Waals surface area (Å²) in [5.74, 6) is -0.962. The largest absolute Gasteiger partial charge is 0.496 e. The molecule has 1 heterocycles.